The number of ether oxygens (including phenoxy) is 2. The molecule has 2 aliphatic heterocycles. The number of hydrogen-bond acceptors (Lipinski definition) is 5. The van der Waals surface area contributed by atoms with Gasteiger partial charge in [0.2, 0.25) is 0 Å². The molecule has 0 N–H and O–H groups in total. The van der Waals surface area contributed by atoms with Gasteiger partial charge in [-0.15, -0.1) is 0 Å². The molecule has 0 radical (unpaired) electrons. The first-order chi connectivity index (χ1) is 18.7. The Hall–Kier alpha value is -4.08. The number of carbonyl (C=O) groups is 3. The van der Waals surface area contributed by atoms with Gasteiger partial charge in [0.1, 0.15) is 5.60 Å². The highest BCUT2D eigenvalue weighted by molar-refractivity contribution is 6.09. The molecule has 0 spiro atoms. The van der Waals surface area contributed by atoms with E-state index in [1.807, 2.05) is 24.3 Å². The zero-order chi connectivity index (χ0) is 29.1. The fourth-order valence-corrected chi connectivity index (χ4v) is 5.48. The first-order valence-corrected chi connectivity index (χ1v) is 12.9. The molecule has 0 bridgehead atoms. The number of halogens is 3. The molecular weight excluding hydrogens is 525 g/mol. The van der Waals surface area contributed by atoms with Gasteiger partial charge in [-0.2, -0.15) is 13.2 Å². The van der Waals surface area contributed by atoms with E-state index in [1.165, 1.54) is 25.3 Å². The van der Waals surface area contributed by atoms with Crippen LogP contribution < -0.4 is 4.90 Å². The summed E-state index contributed by atoms with van der Waals surface area (Å²) in [6.07, 6.45) is -3.26. The van der Waals surface area contributed by atoms with Gasteiger partial charge in [-0.05, 0) is 82.0 Å². The third-order valence-electron chi connectivity index (χ3n) is 7.13. The molecule has 5 rings (SSSR count). The summed E-state index contributed by atoms with van der Waals surface area (Å²) in [6.45, 7) is 8.18. The number of likely N-dealkylation sites (tertiary alicyclic amines) is 1. The van der Waals surface area contributed by atoms with Gasteiger partial charge in [0.15, 0.2) is 6.23 Å². The molecule has 1 fully saturated rings. The lowest BCUT2D eigenvalue weighted by Crippen LogP contribution is -2.39. The van der Waals surface area contributed by atoms with Crippen molar-refractivity contribution in [3.8, 4) is 0 Å². The Morgan fingerprint density at radius 2 is 1.73 bits per heavy atom. The maximum absolute atomic E-state index is 13.6. The predicted molar refractivity (Wildman–Crippen MR) is 140 cm³/mol. The molecule has 40 heavy (non-hydrogen) atoms. The van der Waals surface area contributed by atoms with E-state index >= 15 is 0 Å². The molecular formula is C30H29F3N2O5. The van der Waals surface area contributed by atoms with E-state index in [9.17, 15) is 27.6 Å². The maximum Gasteiger partial charge on any atom is 0.417 e. The van der Waals surface area contributed by atoms with Gasteiger partial charge < -0.3 is 9.47 Å². The van der Waals surface area contributed by atoms with Crippen molar-refractivity contribution in [1.29, 1.82) is 0 Å². The first-order valence-electron chi connectivity index (χ1n) is 12.9. The second-order valence-electron chi connectivity index (χ2n) is 11.3. The van der Waals surface area contributed by atoms with E-state index in [4.69, 9.17) is 9.47 Å². The minimum atomic E-state index is -4.60. The summed E-state index contributed by atoms with van der Waals surface area (Å²) in [5.41, 5.74) is 0.959. The lowest BCUT2D eigenvalue weighted by Gasteiger charge is -2.27. The molecule has 0 saturated carbocycles. The molecule has 10 heteroatoms. The lowest BCUT2D eigenvalue weighted by molar-refractivity contribution is -0.137. The van der Waals surface area contributed by atoms with Crippen LogP contribution in [0.25, 0.3) is 0 Å². The Bertz CT molecular complexity index is 1470. The first kappa shape index (κ1) is 27.5. The van der Waals surface area contributed by atoms with Gasteiger partial charge >= 0.3 is 12.3 Å². The third-order valence-corrected chi connectivity index (χ3v) is 7.13. The van der Waals surface area contributed by atoms with Gasteiger partial charge in [-0.1, -0.05) is 24.3 Å². The van der Waals surface area contributed by atoms with Gasteiger partial charge in [-0.25, -0.2) is 9.69 Å². The monoisotopic (exact) mass is 554 g/mol. The summed E-state index contributed by atoms with van der Waals surface area (Å²) in [5, 5.41) is 0. The predicted octanol–water partition coefficient (Wildman–Crippen LogP) is 6.22. The Morgan fingerprint density at radius 3 is 2.40 bits per heavy atom. The van der Waals surface area contributed by atoms with Crippen LogP contribution in [0.4, 0.5) is 23.7 Å². The van der Waals surface area contributed by atoms with Crippen LogP contribution in [0, 0.1) is 12.8 Å². The SMILES string of the molecule is CC1=CC(O/C=C2/C(=O)N(C(=O)OC(C)(C)C)C3c4ccccc4CC23)N(c2cc(C)cc(C(F)(F)F)c2)C1=O. The molecule has 1 saturated heterocycles. The van der Waals surface area contributed by atoms with Crippen molar-refractivity contribution in [3.63, 3.8) is 0 Å². The second kappa shape index (κ2) is 9.53. The fourth-order valence-electron chi connectivity index (χ4n) is 5.48. The Balaban J connectivity index is 1.49. The molecule has 3 aliphatic rings. The van der Waals surface area contributed by atoms with Crippen LogP contribution >= 0.6 is 0 Å². The highest BCUT2D eigenvalue weighted by atomic mass is 19.4. The number of rotatable bonds is 3. The van der Waals surface area contributed by atoms with E-state index in [-0.39, 0.29) is 16.8 Å². The van der Waals surface area contributed by atoms with Crippen molar-refractivity contribution in [3.05, 3.63) is 88.2 Å². The molecule has 3 unspecified atom stereocenters. The van der Waals surface area contributed by atoms with E-state index < -0.39 is 53.4 Å². The summed E-state index contributed by atoms with van der Waals surface area (Å²) in [4.78, 5) is 42.0. The minimum absolute atomic E-state index is 0.0214. The van der Waals surface area contributed by atoms with Crippen molar-refractivity contribution in [1.82, 2.24) is 4.90 Å². The number of hydrogen-bond donors (Lipinski definition) is 0. The van der Waals surface area contributed by atoms with Gasteiger partial charge in [0, 0.05) is 17.2 Å². The summed E-state index contributed by atoms with van der Waals surface area (Å²) in [6, 6.07) is 10.3. The van der Waals surface area contributed by atoms with E-state index in [0.29, 0.717) is 12.0 Å². The molecule has 3 amide bonds. The van der Waals surface area contributed by atoms with Crippen LogP contribution in [0.5, 0.6) is 0 Å². The van der Waals surface area contributed by atoms with Crippen molar-refractivity contribution < 1.29 is 37.0 Å². The van der Waals surface area contributed by atoms with Gasteiger partial charge in [0.05, 0.1) is 23.4 Å². The molecule has 1 aliphatic carbocycles. The summed E-state index contributed by atoms with van der Waals surface area (Å²) < 4.78 is 52.0. The average molecular weight is 555 g/mol. The van der Waals surface area contributed by atoms with E-state index in [1.54, 1.807) is 27.7 Å². The van der Waals surface area contributed by atoms with Gasteiger partial charge in [0.25, 0.3) is 11.8 Å². The normalized spacial score (nSPS) is 23.4. The number of anilines is 1. The number of amides is 3. The second-order valence-corrected chi connectivity index (χ2v) is 11.3. The number of fused-ring (bicyclic) bond motifs is 3. The Kier molecular flexibility index (Phi) is 6.55. The number of carbonyl (C=O) groups excluding carboxylic acids is 3. The number of nitrogens with zero attached hydrogens (tertiary/aromatic N) is 2. The van der Waals surface area contributed by atoms with Gasteiger partial charge in [-0.3, -0.25) is 14.5 Å². The van der Waals surface area contributed by atoms with Crippen LogP contribution in [0.1, 0.15) is 56.0 Å². The summed E-state index contributed by atoms with van der Waals surface area (Å²) in [5.74, 6) is -1.50. The standard InChI is InChI=1S/C30H29F3N2O5/c1-16-10-19(30(31,32)33)14-20(11-16)34-24(12-17(2)26(34)36)39-15-23-22-13-18-8-6-7-9-21(18)25(22)35(27(23)37)28(38)40-29(3,4)5/h6-12,14-15,22,24-25H,13H2,1-5H3/b23-15+. The van der Waals surface area contributed by atoms with Crippen molar-refractivity contribution in [2.75, 3.05) is 4.90 Å². The zero-order valence-corrected chi connectivity index (χ0v) is 22.7. The van der Waals surface area contributed by atoms with Crippen molar-refractivity contribution in [2.24, 2.45) is 5.92 Å². The minimum Gasteiger partial charge on any atom is -0.474 e. The molecule has 2 aromatic carbocycles. The van der Waals surface area contributed by atoms with Crippen LogP contribution in [0.15, 0.2) is 65.9 Å². The number of imide groups is 1. The number of aryl methyl sites for hydroxylation is 1. The lowest BCUT2D eigenvalue weighted by atomic mass is 9.97. The number of alkyl halides is 3. The Morgan fingerprint density at radius 1 is 1.02 bits per heavy atom. The van der Waals surface area contributed by atoms with Crippen LogP contribution in [0.3, 0.4) is 0 Å². The topological polar surface area (TPSA) is 76.2 Å². The van der Waals surface area contributed by atoms with Crippen molar-refractivity contribution in [2.45, 2.75) is 65.1 Å². The summed E-state index contributed by atoms with van der Waals surface area (Å²) in [7, 11) is 0. The van der Waals surface area contributed by atoms with E-state index in [2.05, 4.69) is 0 Å². The molecule has 7 nitrogen and oxygen atoms in total. The van der Waals surface area contributed by atoms with Crippen LogP contribution in [-0.4, -0.2) is 34.6 Å². The fraction of sp³-hybridized carbons (Fsp3) is 0.367. The number of benzene rings is 2. The zero-order valence-electron chi connectivity index (χ0n) is 22.7. The largest absolute Gasteiger partial charge is 0.474 e. The molecule has 2 aromatic rings. The third kappa shape index (κ3) is 4.87. The quantitative estimate of drug-likeness (QED) is 0.333. The highest BCUT2D eigenvalue weighted by Crippen LogP contribution is 2.50. The average Bonchev–Trinajstić information content (AvgIpc) is 3.43. The van der Waals surface area contributed by atoms with Crippen molar-refractivity contribution >= 4 is 23.6 Å². The van der Waals surface area contributed by atoms with Crippen LogP contribution in [-0.2, 0) is 31.7 Å². The Labute approximate surface area is 229 Å². The maximum atomic E-state index is 13.6. The molecule has 210 valence electrons. The highest BCUT2D eigenvalue weighted by Gasteiger charge is 2.53. The van der Waals surface area contributed by atoms with Crippen LogP contribution in [0.2, 0.25) is 0 Å². The molecule has 3 atom stereocenters. The van der Waals surface area contributed by atoms with E-state index in [0.717, 1.165) is 33.1 Å². The molecule has 0 aromatic heterocycles. The molecule has 2 heterocycles. The summed E-state index contributed by atoms with van der Waals surface area (Å²) >= 11 is 0. The smallest absolute Gasteiger partial charge is 0.417 e.